The summed E-state index contributed by atoms with van der Waals surface area (Å²) in [4.78, 5) is 18.9. The number of nitrogens with two attached hydrogens (primary N) is 1. The molecule has 1 amide bonds. The summed E-state index contributed by atoms with van der Waals surface area (Å²) >= 11 is 0. The Labute approximate surface area is 201 Å². The molecule has 35 heavy (non-hydrogen) atoms. The summed E-state index contributed by atoms with van der Waals surface area (Å²) in [6, 6.07) is 28.7. The molecule has 0 aliphatic heterocycles. The van der Waals surface area contributed by atoms with Crippen molar-refractivity contribution in [3.05, 3.63) is 97.3 Å². The van der Waals surface area contributed by atoms with Crippen LogP contribution in [-0.2, 0) is 4.79 Å². The van der Waals surface area contributed by atoms with Gasteiger partial charge in [0.2, 0.25) is 5.91 Å². The highest BCUT2D eigenvalue weighted by atomic mass is 16.4. The van der Waals surface area contributed by atoms with Gasteiger partial charge in [0.1, 0.15) is 0 Å². The molecule has 172 valence electrons. The molecule has 6 rings (SSSR count). The van der Waals surface area contributed by atoms with E-state index in [1.54, 1.807) is 12.4 Å². The van der Waals surface area contributed by atoms with Gasteiger partial charge in [0.15, 0.2) is 11.5 Å². The molecular formula is C28H22N4O3. The second-order valence-corrected chi connectivity index (χ2v) is 7.83. The van der Waals surface area contributed by atoms with Crippen LogP contribution in [0.2, 0.25) is 0 Å². The van der Waals surface area contributed by atoms with Gasteiger partial charge in [-0.2, -0.15) is 0 Å². The number of rotatable bonds is 3. The SMILES string of the molecule is CC(=O)Nc1ncc(-c2cccc3ccccc23)o1.Nc1ncc(-c2cccc3ccccc23)o1. The van der Waals surface area contributed by atoms with Gasteiger partial charge in [-0.05, 0) is 21.5 Å². The molecule has 0 bridgehead atoms. The quantitative estimate of drug-likeness (QED) is 0.310. The van der Waals surface area contributed by atoms with Crippen LogP contribution in [-0.4, -0.2) is 15.9 Å². The average Bonchev–Trinajstić information content (AvgIpc) is 3.52. The molecule has 0 aliphatic rings. The lowest BCUT2D eigenvalue weighted by atomic mass is 10.0. The van der Waals surface area contributed by atoms with Crippen molar-refractivity contribution in [2.45, 2.75) is 6.92 Å². The van der Waals surface area contributed by atoms with Crippen LogP contribution in [0.4, 0.5) is 12.0 Å². The number of benzene rings is 4. The van der Waals surface area contributed by atoms with Crippen LogP contribution in [0.25, 0.3) is 44.2 Å². The third-order valence-electron chi connectivity index (χ3n) is 5.42. The summed E-state index contributed by atoms with van der Waals surface area (Å²) in [7, 11) is 0. The summed E-state index contributed by atoms with van der Waals surface area (Å²) in [6.45, 7) is 1.42. The molecule has 0 fully saturated rings. The van der Waals surface area contributed by atoms with Crippen molar-refractivity contribution >= 4 is 39.5 Å². The Morgan fingerprint density at radius 3 is 1.77 bits per heavy atom. The van der Waals surface area contributed by atoms with E-state index in [9.17, 15) is 4.79 Å². The molecule has 0 saturated carbocycles. The highest BCUT2D eigenvalue weighted by Gasteiger charge is 2.10. The zero-order valence-corrected chi connectivity index (χ0v) is 18.9. The fourth-order valence-corrected chi connectivity index (χ4v) is 3.90. The van der Waals surface area contributed by atoms with E-state index in [1.165, 1.54) is 12.3 Å². The van der Waals surface area contributed by atoms with Crippen LogP contribution in [0.1, 0.15) is 6.92 Å². The number of hydrogen-bond donors (Lipinski definition) is 2. The normalized spacial score (nSPS) is 10.7. The molecule has 0 atom stereocenters. The topological polar surface area (TPSA) is 107 Å². The number of aromatic nitrogens is 2. The fourth-order valence-electron chi connectivity index (χ4n) is 3.90. The van der Waals surface area contributed by atoms with Crippen LogP contribution >= 0.6 is 0 Å². The monoisotopic (exact) mass is 462 g/mol. The maximum Gasteiger partial charge on any atom is 0.301 e. The molecule has 6 aromatic rings. The van der Waals surface area contributed by atoms with E-state index < -0.39 is 0 Å². The Morgan fingerprint density at radius 1 is 0.714 bits per heavy atom. The number of nitrogen functional groups attached to an aromatic ring is 1. The van der Waals surface area contributed by atoms with E-state index in [-0.39, 0.29) is 17.9 Å². The Morgan fingerprint density at radius 2 is 1.23 bits per heavy atom. The Kier molecular flexibility index (Phi) is 5.96. The summed E-state index contributed by atoms with van der Waals surface area (Å²) in [5.41, 5.74) is 7.46. The Hall–Kier alpha value is -4.91. The van der Waals surface area contributed by atoms with Crippen LogP contribution in [0.15, 0.2) is 106 Å². The minimum Gasteiger partial charge on any atom is -0.424 e. The van der Waals surface area contributed by atoms with Crippen molar-refractivity contribution in [2.24, 2.45) is 0 Å². The highest BCUT2D eigenvalue weighted by Crippen LogP contribution is 2.30. The zero-order valence-electron chi connectivity index (χ0n) is 18.9. The Balaban J connectivity index is 0.000000147. The lowest BCUT2D eigenvalue weighted by Gasteiger charge is -2.02. The molecule has 2 heterocycles. The van der Waals surface area contributed by atoms with Gasteiger partial charge in [0.25, 0.3) is 6.01 Å². The van der Waals surface area contributed by atoms with E-state index in [0.717, 1.165) is 27.3 Å². The molecule has 3 N–H and O–H groups in total. The molecule has 0 saturated heterocycles. The number of nitrogens with one attached hydrogen (secondary N) is 1. The van der Waals surface area contributed by atoms with Gasteiger partial charge in [0.05, 0.1) is 12.4 Å². The van der Waals surface area contributed by atoms with Crippen LogP contribution in [0, 0.1) is 0 Å². The zero-order chi connectivity index (χ0) is 24.2. The molecule has 4 aromatic carbocycles. The number of nitrogens with zero attached hydrogens (tertiary/aromatic N) is 2. The Bertz CT molecular complexity index is 1620. The lowest BCUT2D eigenvalue weighted by Crippen LogP contribution is -2.05. The van der Waals surface area contributed by atoms with Crippen molar-refractivity contribution in [3.63, 3.8) is 0 Å². The van der Waals surface area contributed by atoms with Crippen LogP contribution in [0.3, 0.4) is 0 Å². The molecule has 0 spiro atoms. The first-order chi connectivity index (χ1) is 17.1. The maximum atomic E-state index is 11.0. The largest absolute Gasteiger partial charge is 0.424 e. The lowest BCUT2D eigenvalue weighted by molar-refractivity contribution is -0.114. The second kappa shape index (κ2) is 9.52. The van der Waals surface area contributed by atoms with Crippen molar-refractivity contribution in [2.75, 3.05) is 11.1 Å². The van der Waals surface area contributed by atoms with E-state index in [4.69, 9.17) is 14.6 Å². The number of fused-ring (bicyclic) bond motifs is 2. The summed E-state index contributed by atoms with van der Waals surface area (Å²) < 4.78 is 10.9. The number of anilines is 2. The average molecular weight is 463 g/mol. The minimum atomic E-state index is -0.202. The smallest absolute Gasteiger partial charge is 0.301 e. The predicted octanol–water partition coefficient (Wildman–Crippen LogP) is 6.53. The van der Waals surface area contributed by atoms with Gasteiger partial charge < -0.3 is 14.6 Å². The molecule has 0 aliphatic carbocycles. The molecule has 0 unspecified atom stereocenters. The van der Waals surface area contributed by atoms with Crippen molar-refractivity contribution in [1.29, 1.82) is 0 Å². The summed E-state index contributed by atoms with van der Waals surface area (Å²) in [5, 5.41) is 7.07. The van der Waals surface area contributed by atoms with E-state index in [0.29, 0.717) is 11.5 Å². The molecule has 7 heteroatoms. The van der Waals surface area contributed by atoms with Crippen molar-refractivity contribution < 1.29 is 13.6 Å². The molecular weight excluding hydrogens is 440 g/mol. The fraction of sp³-hybridized carbons (Fsp3) is 0.0357. The minimum absolute atomic E-state index is 0.197. The number of amides is 1. The third kappa shape index (κ3) is 4.74. The van der Waals surface area contributed by atoms with Crippen LogP contribution < -0.4 is 11.1 Å². The van der Waals surface area contributed by atoms with Gasteiger partial charge in [-0.3, -0.25) is 10.1 Å². The van der Waals surface area contributed by atoms with E-state index in [2.05, 4.69) is 33.5 Å². The first-order valence-corrected chi connectivity index (χ1v) is 11.0. The van der Waals surface area contributed by atoms with Gasteiger partial charge >= 0.3 is 6.01 Å². The maximum absolute atomic E-state index is 11.0. The summed E-state index contributed by atoms with van der Waals surface area (Å²) in [6.07, 6.45) is 3.27. The number of hydrogen-bond acceptors (Lipinski definition) is 6. The van der Waals surface area contributed by atoms with E-state index >= 15 is 0 Å². The predicted molar refractivity (Wildman–Crippen MR) is 138 cm³/mol. The highest BCUT2D eigenvalue weighted by molar-refractivity contribution is 5.96. The third-order valence-corrected chi connectivity index (χ3v) is 5.42. The van der Waals surface area contributed by atoms with Crippen molar-refractivity contribution in [3.8, 4) is 22.6 Å². The van der Waals surface area contributed by atoms with E-state index in [1.807, 2.05) is 66.7 Å². The first-order valence-electron chi connectivity index (χ1n) is 11.0. The molecule has 0 radical (unpaired) electrons. The van der Waals surface area contributed by atoms with Gasteiger partial charge in [-0.25, -0.2) is 9.97 Å². The standard InChI is InChI=1S/C15H12N2O2.C13H10N2O/c1-10(18)17-15-16-9-14(19-15)13-8-4-6-11-5-2-3-7-12(11)13;14-13-15-8-12(16-13)11-7-3-5-9-4-1-2-6-10(9)11/h2-9H,1H3,(H,16,17,18);1-8H,(H2,14,15). The number of carbonyl (C=O) groups is 1. The number of oxazole rings is 2. The van der Waals surface area contributed by atoms with Crippen molar-refractivity contribution in [1.82, 2.24) is 9.97 Å². The number of carbonyl (C=O) groups excluding carboxylic acids is 1. The molecule has 7 nitrogen and oxygen atoms in total. The van der Waals surface area contributed by atoms with Gasteiger partial charge in [-0.1, -0.05) is 84.9 Å². The summed E-state index contributed by atoms with van der Waals surface area (Å²) in [5.74, 6) is 1.14. The molecule has 2 aromatic heterocycles. The van der Waals surface area contributed by atoms with Crippen LogP contribution in [0.5, 0.6) is 0 Å². The second-order valence-electron chi connectivity index (χ2n) is 7.83. The first kappa shape index (κ1) is 21.9. The van der Waals surface area contributed by atoms with Gasteiger partial charge in [-0.15, -0.1) is 0 Å². The van der Waals surface area contributed by atoms with Gasteiger partial charge in [0, 0.05) is 18.1 Å².